The highest BCUT2D eigenvalue weighted by atomic mass is 32.2. The van der Waals surface area contributed by atoms with Gasteiger partial charge in [0.1, 0.15) is 16.2 Å². The number of aromatic nitrogens is 1. The van der Waals surface area contributed by atoms with Crippen LogP contribution in [0, 0.1) is 0 Å². The number of urea groups is 1. The van der Waals surface area contributed by atoms with Crippen LogP contribution in [0.1, 0.15) is 12.1 Å². The maximum absolute atomic E-state index is 13.4. The summed E-state index contributed by atoms with van der Waals surface area (Å²) in [6.45, 7) is 1.13. The lowest BCUT2D eigenvalue weighted by atomic mass is 10.0. The van der Waals surface area contributed by atoms with Gasteiger partial charge >= 0.3 is 6.03 Å². The van der Waals surface area contributed by atoms with E-state index in [9.17, 15) is 13.2 Å². The van der Waals surface area contributed by atoms with Crippen molar-refractivity contribution in [2.24, 2.45) is 0 Å². The largest absolute Gasteiger partial charge is 0.483 e. The lowest BCUT2D eigenvalue weighted by Crippen LogP contribution is -2.50. The molecule has 0 radical (unpaired) electrons. The molecule has 0 aliphatic carbocycles. The highest BCUT2D eigenvalue weighted by molar-refractivity contribution is 7.89. The molecule has 2 aromatic rings. The number of carbonyl (C=O) groups is 1. The lowest BCUT2D eigenvalue weighted by molar-refractivity contribution is 0.0592. The Morgan fingerprint density at radius 3 is 2.66 bits per heavy atom. The summed E-state index contributed by atoms with van der Waals surface area (Å²) >= 11 is 0. The normalized spacial score (nSPS) is 23.3. The van der Waals surface area contributed by atoms with E-state index in [4.69, 9.17) is 4.74 Å². The molecule has 1 fully saturated rings. The Hall–Kier alpha value is -2.65. The van der Waals surface area contributed by atoms with E-state index < -0.39 is 15.6 Å². The van der Waals surface area contributed by atoms with Gasteiger partial charge in [-0.05, 0) is 24.3 Å². The third kappa shape index (κ3) is 3.67. The van der Waals surface area contributed by atoms with Crippen molar-refractivity contribution in [1.82, 2.24) is 19.1 Å². The zero-order chi connectivity index (χ0) is 20.6. The van der Waals surface area contributed by atoms with Crippen LogP contribution in [-0.4, -0.2) is 72.9 Å². The van der Waals surface area contributed by atoms with E-state index in [2.05, 4.69) is 4.98 Å². The van der Waals surface area contributed by atoms with Crippen molar-refractivity contribution in [3.63, 3.8) is 0 Å². The average Bonchev–Trinajstić information content (AvgIpc) is 3.08. The minimum Gasteiger partial charge on any atom is -0.483 e. The standard InChI is InChI=1S/C20H24N4O4S/c1-22(2)19(25)23-12-10-20(14-23)15-24(13-16-7-5-6-11-21-16)29(26,27)18-9-4-3-8-17(18)28-20/h3-9,11H,10,12-15H2,1-2H3. The van der Waals surface area contributed by atoms with Crippen molar-refractivity contribution in [2.75, 3.05) is 33.7 Å². The van der Waals surface area contributed by atoms with E-state index >= 15 is 0 Å². The van der Waals surface area contributed by atoms with Crippen molar-refractivity contribution in [3.05, 3.63) is 54.4 Å². The zero-order valence-corrected chi connectivity index (χ0v) is 17.3. The van der Waals surface area contributed by atoms with Gasteiger partial charge in [-0.2, -0.15) is 4.31 Å². The van der Waals surface area contributed by atoms with Gasteiger partial charge in [-0.1, -0.05) is 18.2 Å². The fourth-order valence-corrected chi connectivity index (χ4v) is 5.48. The lowest BCUT2D eigenvalue weighted by Gasteiger charge is -2.32. The van der Waals surface area contributed by atoms with Gasteiger partial charge in [0.2, 0.25) is 10.0 Å². The van der Waals surface area contributed by atoms with Crippen LogP contribution < -0.4 is 4.74 Å². The zero-order valence-electron chi connectivity index (χ0n) is 16.5. The molecule has 4 rings (SSSR count). The first-order valence-electron chi connectivity index (χ1n) is 9.45. The number of rotatable bonds is 2. The van der Waals surface area contributed by atoms with Gasteiger partial charge in [-0.25, -0.2) is 13.2 Å². The summed E-state index contributed by atoms with van der Waals surface area (Å²) < 4.78 is 34.6. The van der Waals surface area contributed by atoms with Gasteiger partial charge in [0.15, 0.2) is 0 Å². The Morgan fingerprint density at radius 2 is 1.93 bits per heavy atom. The van der Waals surface area contributed by atoms with Gasteiger partial charge in [0, 0.05) is 33.3 Å². The molecule has 2 amide bonds. The Labute approximate surface area is 170 Å². The van der Waals surface area contributed by atoms with Crippen LogP contribution in [0.5, 0.6) is 5.75 Å². The highest BCUT2D eigenvalue weighted by Gasteiger charge is 2.49. The summed E-state index contributed by atoms with van der Waals surface area (Å²) in [7, 11) is -0.375. The molecule has 1 saturated heterocycles. The predicted octanol–water partition coefficient (Wildman–Crippen LogP) is 1.79. The summed E-state index contributed by atoms with van der Waals surface area (Å²) in [6, 6.07) is 12.0. The van der Waals surface area contributed by atoms with Crippen LogP contribution in [0.25, 0.3) is 0 Å². The van der Waals surface area contributed by atoms with E-state index in [0.29, 0.717) is 31.0 Å². The first kappa shape index (κ1) is 19.7. The van der Waals surface area contributed by atoms with Gasteiger partial charge in [0.25, 0.3) is 0 Å². The number of hydrogen-bond acceptors (Lipinski definition) is 5. The Morgan fingerprint density at radius 1 is 1.17 bits per heavy atom. The van der Waals surface area contributed by atoms with E-state index in [0.717, 1.165) is 0 Å². The second-order valence-electron chi connectivity index (χ2n) is 7.67. The quantitative estimate of drug-likeness (QED) is 0.745. The molecule has 2 aliphatic heterocycles. The van der Waals surface area contributed by atoms with Crippen LogP contribution in [0.15, 0.2) is 53.6 Å². The first-order valence-corrected chi connectivity index (χ1v) is 10.9. The van der Waals surface area contributed by atoms with Gasteiger partial charge < -0.3 is 14.5 Å². The highest BCUT2D eigenvalue weighted by Crippen LogP contribution is 2.39. The topological polar surface area (TPSA) is 83.1 Å². The van der Waals surface area contributed by atoms with E-state index in [-0.39, 0.29) is 24.0 Å². The van der Waals surface area contributed by atoms with Crippen molar-refractivity contribution in [1.29, 1.82) is 0 Å². The van der Waals surface area contributed by atoms with E-state index in [1.807, 2.05) is 6.07 Å². The maximum Gasteiger partial charge on any atom is 0.319 e. The second-order valence-corrected chi connectivity index (χ2v) is 9.58. The number of para-hydroxylation sites is 1. The van der Waals surface area contributed by atoms with Crippen molar-refractivity contribution >= 4 is 16.1 Å². The molecule has 0 bridgehead atoms. The summed E-state index contributed by atoms with van der Waals surface area (Å²) in [5, 5.41) is 0. The summed E-state index contributed by atoms with van der Waals surface area (Å²) in [5.41, 5.74) is -0.148. The number of likely N-dealkylation sites (tertiary alicyclic amines) is 1. The molecule has 154 valence electrons. The summed E-state index contributed by atoms with van der Waals surface area (Å²) in [4.78, 5) is 20.1. The predicted molar refractivity (Wildman–Crippen MR) is 107 cm³/mol. The first-order chi connectivity index (χ1) is 13.8. The van der Waals surface area contributed by atoms with Crippen LogP contribution >= 0.6 is 0 Å². The Kier molecular flexibility index (Phi) is 4.95. The molecule has 1 atom stereocenters. The number of nitrogens with zero attached hydrogens (tertiary/aromatic N) is 4. The fourth-order valence-electron chi connectivity index (χ4n) is 3.87. The van der Waals surface area contributed by atoms with Crippen LogP contribution in [0.3, 0.4) is 0 Å². The minimum absolute atomic E-state index is 0.109. The van der Waals surface area contributed by atoms with E-state index in [1.165, 1.54) is 9.21 Å². The SMILES string of the molecule is CN(C)C(=O)N1CCC2(C1)CN(Cc1ccccn1)S(=O)(=O)c1ccccc1O2. The molecule has 8 nitrogen and oxygen atoms in total. The number of amides is 2. The number of ether oxygens (including phenoxy) is 1. The molecule has 0 saturated carbocycles. The molecule has 1 aromatic carbocycles. The van der Waals surface area contributed by atoms with Gasteiger partial charge in [-0.15, -0.1) is 0 Å². The monoisotopic (exact) mass is 416 g/mol. The molecule has 1 unspecified atom stereocenters. The molecule has 3 heterocycles. The second kappa shape index (κ2) is 7.31. The molecule has 2 aliphatic rings. The third-order valence-electron chi connectivity index (χ3n) is 5.29. The number of benzene rings is 1. The number of hydrogen-bond donors (Lipinski definition) is 0. The van der Waals surface area contributed by atoms with Crippen molar-refractivity contribution in [2.45, 2.75) is 23.5 Å². The number of fused-ring (bicyclic) bond motifs is 1. The van der Waals surface area contributed by atoms with Gasteiger partial charge in [0.05, 0.1) is 25.3 Å². The summed E-state index contributed by atoms with van der Waals surface area (Å²) in [5.74, 6) is 0.329. The Balaban J connectivity index is 1.73. The Bertz CT molecular complexity index is 1010. The third-order valence-corrected chi connectivity index (χ3v) is 7.12. The molecule has 1 spiro atoms. The van der Waals surface area contributed by atoms with Crippen LogP contribution in [0.4, 0.5) is 4.79 Å². The molecule has 9 heteroatoms. The number of pyridine rings is 1. The maximum atomic E-state index is 13.4. The van der Waals surface area contributed by atoms with Gasteiger partial charge in [-0.3, -0.25) is 4.98 Å². The molecular weight excluding hydrogens is 392 g/mol. The molecular formula is C20H24N4O4S. The number of sulfonamides is 1. The smallest absolute Gasteiger partial charge is 0.319 e. The molecule has 29 heavy (non-hydrogen) atoms. The number of carbonyl (C=O) groups excluding carboxylic acids is 1. The fraction of sp³-hybridized carbons (Fsp3) is 0.400. The van der Waals surface area contributed by atoms with Crippen LogP contribution in [-0.2, 0) is 16.6 Å². The minimum atomic E-state index is -3.78. The molecule has 1 aromatic heterocycles. The van der Waals surface area contributed by atoms with Crippen molar-refractivity contribution in [3.8, 4) is 5.75 Å². The van der Waals surface area contributed by atoms with Crippen molar-refractivity contribution < 1.29 is 17.9 Å². The summed E-state index contributed by atoms with van der Waals surface area (Å²) in [6.07, 6.45) is 2.20. The van der Waals surface area contributed by atoms with Crippen LogP contribution in [0.2, 0.25) is 0 Å². The molecule has 0 N–H and O–H groups in total. The van der Waals surface area contributed by atoms with E-state index in [1.54, 1.807) is 61.6 Å². The average molecular weight is 417 g/mol.